The largest absolute Gasteiger partial charge is 0.481 e. The summed E-state index contributed by atoms with van der Waals surface area (Å²) in [5, 5.41) is 1.52. The van der Waals surface area contributed by atoms with Crippen molar-refractivity contribution in [3.8, 4) is 23.5 Å². The standard InChI is InChI=1S/C21H22N4O5/c1-27-17-12-18(28-2)24-21(23-17)30-16-11-7-8-14(19(16)20(26)29-3)13-25(22)15-9-5-4-6-10-15/h4-12H,13,22H2,1-3H3. The first kappa shape index (κ1) is 20.9. The van der Waals surface area contributed by atoms with E-state index in [0.29, 0.717) is 5.56 Å². The molecule has 3 rings (SSSR count). The number of para-hydroxylation sites is 1. The summed E-state index contributed by atoms with van der Waals surface area (Å²) in [5.74, 6) is 6.35. The van der Waals surface area contributed by atoms with Gasteiger partial charge in [0.05, 0.1) is 39.6 Å². The maximum atomic E-state index is 12.6. The fraction of sp³-hybridized carbons (Fsp3) is 0.190. The Bertz CT molecular complexity index is 991. The summed E-state index contributed by atoms with van der Waals surface area (Å²) in [5.41, 5.74) is 1.62. The normalized spacial score (nSPS) is 10.3. The van der Waals surface area contributed by atoms with Crippen LogP contribution in [-0.4, -0.2) is 37.3 Å². The molecule has 0 radical (unpaired) electrons. The van der Waals surface area contributed by atoms with Crippen LogP contribution in [0.5, 0.6) is 23.5 Å². The smallest absolute Gasteiger partial charge is 0.342 e. The molecule has 0 aliphatic rings. The van der Waals surface area contributed by atoms with Crippen LogP contribution in [0.1, 0.15) is 15.9 Å². The van der Waals surface area contributed by atoms with Crippen molar-refractivity contribution < 1.29 is 23.7 Å². The first-order valence-corrected chi connectivity index (χ1v) is 8.98. The van der Waals surface area contributed by atoms with E-state index in [4.69, 9.17) is 24.8 Å². The van der Waals surface area contributed by atoms with Crippen molar-refractivity contribution in [1.82, 2.24) is 9.97 Å². The first-order chi connectivity index (χ1) is 14.5. The highest BCUT2D eigenvalue weighted by Gasteiger charge is 2.21. The molecule has 30 heavy (non-hydrogen) atoms. The Morgan fingerprint density at radius 2 is 1.63 bits per heavy atom. The summed E-state index contributed by atoms with van der Waals surface area (Å²) in [6.45, 7) is 0.244. The van der Waals surface area contributed by atoms with Crippen LogP contribution in [0.4, 0.5) is 5.69 Å². The van der Waals surface area contributed by atoms with Crippen molar-refractivity contribution in [1.29, 1.82) is 0 Å². The number of aromatic nitrogens is 2. The molecule has 0 saturated heterocycles. The van der Waals surface area contributed by atoms with Crippen molar-refractivity contribution in [2.45, 2.75) is 6.54 Å². The molecule has 3 aromatic rings. The molecule has 1 heterocycles. The lowest BCUT2D eigenvalue weighted by Gasteiger charge is -2.21. The van der Waals surface area contributed by atoms with Crippen LogP contribution in [0.2, 0.25) is 0 Å². The number of methoxy groups -OCH3 is 3. The van der Waals surface area contributed by atoms with E-state index in [1.807, 2.05) is 30.3 Å². The Morgan fingerprint density at radius 3 is 2.23 bits per heavy atom. The summed E-state index contributed by atoms with van der Waals surface area (Å²) in [4.78, 5) is 20.8. The number of benzene rings is 2. The van der Waals surface area contributed by atoms with Crippen molar-refractivity contribution >= 4 is 11.7 Å². The summed E-state index contributed by atoms with van der Waals surface area (Å²) < 4.78 is 21.0. The van der Waals surface area contributed by atoms with Crippen LogP contribution in [0.15, 0.2) is 54.6 Å². The van der Waals surface area contributed by atoms with Crippen LogP contribution < -0.4 is 25.1 Å². The number of nitrogens with zero attached hydrogens (tertiary/aromatic N) is 3. The first-order valence-electron chi connectivity index (χ1n) is 8.98. The second-order valence-electron chi connectivity index (χ2n) is 6.08. The highest BCUT2D eigenvalue weighted by molar-refractivity contribution is 5.94. The van der Waals surface area contributed by atoms with Gasteiger partial charge < -0.3 is 24.0 Å². The molecule has 0 spiro atoms. The van der Waals surface area contributed by atoms with Gasteiger partial charge in [0.25, 0.3) is 0 Å². The molecular formula is C21H22N4O5. The summed E-state index contributed by atoms with van der Waals surface area (Å²) in [6.07, 6.45) is 0. The molecule has 9 heteroatoms. The number of esters is 1. The number of hydrogen-bond acceptors (Lipinski definition) is 9. The molecule has 0 unspecified atom stereocenters. The topological polar surface area (TPSA) is 109 Å². The molecule has 9 nitrogen and oxygen atoms in total. The highest BCUT2D eigenvalue weighted by Crippen LogP contribution is 2.30. The van der Waals surface area contributed by atoms with Crippen LogP contribution in [-0.2, 0) is 11.3 Å². The number of hydrogen-bond donors (Lipinski definition) is 1. The Hall–Kier alpha value is -3.85. The number of ether oxygens (including phenoxy) is 4. The molecule has 0 saturated carbocycles. The SMILES string of the molecule is COC(=O)c1c(CN(N)c2ccccc2)cccc1Oc1nc(OC)cc(OC)n1. The second kappa shape index (κ2) is 9.57. The Balaban J connectivity index is 1.97. The van der Waals surface area contributed by atoms with Gasteiger partial charge in [-0.05, 0) is 23.8 Å². The molecule has 0 aliphatic carbocycles. The molecular weight excluding hydrogens is 388 g/mol. The molecule has 2 N–H and O–H groups in total. The predicted octanol–water partition coefficient (Wildman–Crippen LogP) is 2.95. The molecule has 0 aliphatic heterocycles. The zero-order valence-electron chi connectivity index (χ0n) is 16.9. The molecule has 2 aromatic carbocycles. The van der Waals surface area contributed by atoms with E-state index < -0.39 is 5.97 Å². The van der Waals surface area contributed by atoms with E-state index in [2.05, 4.69) is 9.97 Å². The van der Waals surface area contributed by atoms with Crippen LogP contribution in [0.25, 0.3) is 0 Å². The Labute approximate surface area is 173 Å². The maximum absolute atomic E-state index is 12.6. The van der Waals surface area contributed by atoms with Gasteiger partial charge in [-0.15, -0.1) is 0 Å². The highest BCUT2D eigenvalue weighted by atomic mass is 16.5. The number of rotatable bonds is 8. The lowest BCUT2D eigenvalue weighted by molar-refractivity contribution is 0.0596. The summed E-state index contributed by atoms with van der Waals surface area (Å²) in [7, 11) is 4.22. The van der Waals surface area contributed by atoms with Crippen molar-refractivity contribution in [2.75, 3.05) is 26.3 Å². The van der Waals surface area contributed by atoms with Gasteiger partial charge in [-0.2, -0.15) is 9.97 Å². The zero-order valence-corrected chi connectivity index (χ0v) is 16.9. The number of carbonyl (C=O) groups is 1. The maximum Gasteiger partial charge on any atom is 0.342 e. The molecule has 0 bridgehead atoms. The van der Waals surface area contributed by atoms with E-state index in [0.717, 1.165) is 5.69 Å². The Kier molecular flexibility index (Phi) is 6.66. The van der Waals surface area contributed by atoms with Gasteiger partial charge in [-0.3, -0.25) is 0 Å². The number of hydrazine groups is 1. The number of carbonyl (C=O) groups excluding carboxylic acids is 1. The zero-order chi connectivity index (χ0) is 21.5. The van der Waals surface area contributed by atoms with Gasteiger partial charge in [0, 0.05) is 0 Å². The van der Waals surface area contributed by atoms with Gasteiger partial charge in [-0.25, -0.2) is 10.6 Å². The van der Waals surface area contributed by atoms with Crippen LogP contribution in [0.3, 0.4) is 0 Å². The third kappa shape index (κ3) is 4.76. The van der Waals surface area contributed by atoms with Gasteiger partial charge in [0.1, 0.15) is 11.3 Å². The minimum absolute atomic E-state index is 0.0406. The van der Waals surface area contributed by atoms with Crippen molar-refractivity contribution in [3.05, 3.63) is 65.7 Å². The minimum Gasteiger partial charge on any atom is -0.481 e. The van der Waals surface area contributed by atoms with Gasteiger partial charge in [0.15, 0.2) is 0 Å². The second-order valence-corrected chi connectivity index (χ2v) is 6.08. The molecule has 156 valence electrons. The molecule has 0 fully saturated rings. The summed E-state index contributed by atoms with van der Waals surface area (Å²) in [6, 6.07) is 16.0. The average Bonchev–Trinajstić information content (AvgIpc) is 2.79. The molecule has 1 aromatic heterocycles. The van der Waals surface area contributed by atoms with E-state index in [1.165, 1.54) is 32.4 Å². The number of nitrogens with two attached hydrogens (primary N) is 1. The summed E-state index contributed by atoms with van der Waals surface area (Å²) >= 11 is 0. The fourth-order valence-corrected chi connectivity index (χ4v) is 2.76. The van der Waals surface area contributed by atoms with Gasteiger partial charge in [-0.1, -0.05) is 30.3 Å². The Morgan fingerprint density at radius 1 is 0.967 bits per heavy atom. The minimum atomic E-state index is -0.572. The van der Waals surface area contributed by atoms with Gasteiger partial charge in [0.2, 0.25) is 11.8 Å². The van der Waals surface area contributed by atoms with E-state index in [9.17, 15) is 4.79 Å². The van der Waals surface area contributed by atoms with Crippen LogP contribution >= 0.6 is 0 Å². The number of anilines is 1. The fourth-order valence-electron chi connectivity index (χ4n) is 2.76. The quantitative estimate of drug-likeness (QED) is 0.340. The molecule has 0 amide bonds. The average molecular weight is 410 g/mol. The predicted molar refractivity (Wildman–Crippen MR) is 110 cm³/mol. The van der Waals surface area contributed by atoms with Gasteiger partial charge >= 0.3 is 12.0 Å². The third-order valence-electron chi connectivity index (χ3n) is 4.21. The van der Waals surface area contributed by atoms with Crippen LogP contribution in [0, 0.1) is 0 Å². The van der Waals surface area contributed by atoms with E-state index in [1.54, 1.807) is 18.2 Å². The van der Waals surface area contributed by atoms with Crippen molar-refractivity contribution in [3.63, 3.8) is 0 Å². The third-order valence-corrected chi connectivity index (χ3v) is 4.21. The van der Waals surface area contributed by atoms with E-state index >= 15 is 0 Å². The lowest BCUT2D eigenvalue weighted by Crippen LogP contribution is -2.30. The lowest BCUT2D eigenvalue weighted by atomic mass is 10.1. The monoisotopic (exact) mass is 410 g/mol. The molecule has 0 atom stereocenters. The van der Waals surface area contributed by atoms with E-state index in [-0.39, 0.29) is 35.6 Å². The van der Waals surface area contributed by atoms with Crippen molar-refractivity contribution in [2.24, 2.45) is 5.84 Å².